The minimum Gasteiger partial charge on any atom is -0.495 e. The lowest BCUT2D eigenvalue weighted by atomic mass is 10.1. The van der Waals surface area contributed by atoms with Crippen LogP contribution in [0.2, 0.25) is 5.02 Å². The fraction of sp³-hybridized carbons (Fsp3) is 0.394. The molecule has 0 spiro atoms. The molecule has 0 bridgehead atoms. The Morgan fingerprint density at radius 1 is 0.930 bits per heavy atom. The van der Waals surface area contributed by atoms with Crippen molar-refractivity contribution in [2.45, 2.75) is 57.5 Å². The number of halogens is 1. The molecule has 1 amide bonds. The summed E-state index contributed by atoms with van der Waals surface area (Å²) in [6.45, 7) is 1.06. The maximum Gasteiger partial charge on any atom is 0.222 e. The number of aromatic nitrogens is 4. The molecule has 0 atom stereocenters. The van der Waals surface area contributed by atoms with E-state index in [1.807, 2.05) is 53.2 Å². The van der Waals surface area contributed by atoms with Crippen LogP contribution in [0, 0.1) is 0 Å². The molecule has 2 aromatic carbocycles. The maximum atomic E-state index is 13.7. The van der Waals surface area contributed by atoms with Gasteiger partial charge in [-0.1, -0.05) is 30.5 Å². The number of hydrogen-bond donors (Lipinski definition) is 0. The van der Waals surface area contributed by atoms with Crippen molar-refractivity contribution in [2.24, 2.45) is 0 Å². The van der Waals surface area contributed by atoms with E-state index in [9.17, 15) is 4.79 Å². The highest BCUT2D eigenvalue weighted by molar-refractivity contribution is 6.32. The third-order valence-electron chi connectivity index (χ3n) is 7.96. The van der Waals surface area contributed by atoms with Crippen molar-refractivity contribution < 1.29 is 19.0 Å². The smallest absolute Gasteiger partial charge is 0.222 e. The van der Waals surface area contributed by atoms with Crippen LogP contribution in [0.25, 0.3) is 22.8 Å². The van der Waals surface area contributed by atoms with Gasteiger partial charge in [0.25, 0.3) is 0 Å². The van der Waals surface area contributed by atoms with Crippen molar-refractivity contribution in [2.75, 3.05) is 27.9 Å². The summed E-state index contributed by atoms with van der Waals surface area (Å²) in [4.78, 5) is 24.7. The first-order valence-electron chi connectivity index (χ1n) is 14.7. The Morgan fingerprint density at radius 3 is 2.35 bits per heavy atom. The van der Waals surface area contributed by atoms with Crippen LogP contribution >= 0.6 is 11.6 Å². The normalized spacial score (nSPS) is 13.2. The van der Waals surface area contributed by atoms with Gasteiger partial charge in [0.2, 0.25) is 5.91 Å². The number of nitrogens with zero attached hydrogens (tertiary/aromatic N) is 5. The van der Waals surface area contributed by atoms with Gasteiger partial charge in [0, 0.05) is 42.5 Å². The third kappa shape index (κ3) is 7.28. The van der Waals surface area contributed by atoms with Crippen molar-refractivity contribution in [3.05, 3.63) is 71.5 Å². The number of carbonyl (C=O) groups excluding carboxylic acids is 1. The summed E-state index contributed by atoms with van der Waals surface area (Å²) < 4.78 is 18.0. The molecule has 2 heterocycles. The van der Waals surface area contributed by atoms with Gasteiger partial charge in [0.15, 0.2) is 23.1 Å². The quantitative estimate of drug-likeness (QED) is 0.173. The minimum absolute atomic E-state index is 0.177. The predicted octanol–water partition coefficient (Wildman–Crippen LogP) is 6.48. The van der Waals surface area contributed by atoms with Gasteiger partial charge >= 0.3 is 0 Å². The highest BCUT2D eigenvalue weighted by Crippen LogP contribution is 2.32. The van der Waals surface area contributed by atoms with E-state index in [0.717, 1.165) is 55.2 Å². The van der Waals surface area contributed by atoms with Gasteiger partial charge in [0.05, 0.1) is 32.9 Å². The summed E-state index contributed by atoms with van der Waals surface area (Å²) in [6.07, 6.45) is 9.81. The van der Waals surface area contributed by atoms with E-state index < -0.39 is 0 Å². The summed E-state index contributed by atoms with van der Waals surface area (Å²) in [5.74, 6) is 3.45. The van der Waals surface area contributed by atoms with Gasteiger partial charge in [-0.05, 0) is 73.7 Å². The SMILES string of the molecule is COc1ccc(-c2nc(-c3ccncc3)nn2CCN(C(=O)CCCc2ccc(OC)c(OC)c2)C2CCCC2)cc1Cl. The number of hydrogen-bond acceptors (Lipinski definition) is 7. The van der Waals surface area contributed by atoms with Crippen molar-refractivity contribution in [3.8, 4) is 40.0 Å². The molecule has 0 N–H and O–H groups in total. The van der Waals surface area contributed by atoms with Gasteiger partial charge in [-0.25, -0.2) is 9.67 Å². The average molecular weight is 604 g/mol. The van der Waals surface area contributed by atoms with Gasteiger partial charge in [0.1, 0.15) is 5.75 Å². The van der Waals surface area contributed by atoms with Crippen LogP contribution in [0.4, 0.5) is 0 Å². The van der Waals surface area contributed by atoms with E-state index in [-0.39, 0.29) is 11.9 Å². The second-order valence-electron chi connectivity index (χ2n) is 10.6. The molecule has 5 rings (SSSR count). The zero-order valence-electron chi connectivity index (χ0n) is 25.0. The summed E-state index contributed by atoms with van der Waals surface area (Å²) in [6, 6.07) is 15.5. The van der Waals surface area contributed by atoms with Gasteiger partial charge in [-0.2, -0.15) is 5.10 Å². The molecule has 43 heavy (non-hydrogen) atoms. The molecule has 1 aliphatic carbocycles. The predicted molar refractivity (Wildman–Crippen MR) is 167 cm³/mol. The maximum absolute atomic E-state index is 13.7. The van der Waals surface area contributed by atoms with E-state index in [1.54, 1.807) is 33.7 Å². The molecule has 1 aliphatic rings. The Bertz CT molecular complexity index is 1520. The fourth-order valence-corrected chi connectivity index (χ4v) is 5.95. The van der Waals surface area contributed by atoms with Crippen molar-refractivity contribution in [3.63, 3.8) is 0 Å². The molecule has 226 valence electrons. The Labute approximate surface area is 257 Å². The molecule has 0 radical (unpaired) electrons. The molecule has 10 heteroatoms. The molecule has 2 aromatic heterocycles. The number of pyridine rings is 1. The Kier molecular flexibility index (Phi) is 10.1. The summed E-state index contributed by atoms with van der Waals surface area (Å²) in [7, 11) is 4.85. The Balaban J connectivity index is 1.33. The summed E-state index contributed by atoms with van der Waals surface area (Å²) in [5.41, 5.74) is 2.81. The standard InChI is InChI=1S/C33H38ClN5O4/c1-41-28-14-12-25(22-27(28)34)33-36-32(24-15-17-35-18-16-24)37-39(33)20-19-38(26-8-4-5-9-26)31(40)10-6-7-23-11-13-29(42-2)30(21-23)43-3/h11-18,21-22,26H,4-10,19-20H2,1-3H3. The zero-order valence-corrected chi connectivity index (χ0v) is 25.7. The summed E-state index contributed by atoms with van der Waals surface area (Å²) in [5, 5.41) is 5.36. The van der Waals surface area contributed by atoms with Crippen LogP contribution in [0.15, 0.2) is 60.9 Å². The molecule has 1 saturated carbocycles. The van der Waals surface area contributed by atoms with Crippen molar-refractivity contribution in [1.82, 2.24) is 24.6 Å². The van der Waals surface area contributed by atoms with E-state index >= 15 is 0 Å². The topological polar surface area (TPSA) is 91.6 Å². The lowest BCUT2D eigenvalue weighted by Crippen LogP contribution is -2.41. The Morgan fingerprint density at radius 2 is 1.65 bits per heavy atom. The van der Waals surface area contributed by atoms with E-state index in [1.165, 1.54) is 0 Å². The monoisotopic (exact) mass is 603 g/mol. The van der Waals surface area contributed by atoms with Crippen molar-refractivity contribution in [1.29, 1.82) is 0 Å². The summed E-state index contributed by atoms with van der Waals surface area (Å²) >= 11 is 6.48. The average Bonchev–Trinajstić information content (AvgIpc) is 3.72. The number of ether oxygens (including phenoxy) is 3. The lowest BCUT2D eigenvalue weighted by molar-refractivity contribution is -0.133. The van der Waals surface area contributed by atoms with Gasteiger partial charge in [-0.3, -0.25) is 9.78 Å². The van der Waals surface area contributed by atoms with Gasteiger partial charge in [-0.15, -0.1) is 0 Å². The molecule has 0 unspecified atom stereocenters. The highest BCUT2D eigenvalue weighted by Gasteiger charge is 2.27. The number of benzene rings is 2. The molecule has 0 saturated heterocycles. The number of carbonyl (C=O) groups is 1. The van der Waals surface area contributed by atoms with E-state index in [4.69, 9.17) is 35.9 Å². The number of rotatable bonds is 13. The van der Waals surface area contributed by atoms with E-state index in [2.05, 4.69) is 9.88 Å². The fourth-order valence-electron chi connectivity index (χ4n) is 5.69. The number of aryl methyl sites for hydroxylation is 1. The van der Waals surface area contributed by atoms with Crippen LogP contribution in [0.1, 0.15) is 44.1 Å². The molecule has 4 aromatic rings. The first-order valence-corrected chi connectivity index (χ1v) is 15.1. The first-order chi connectivity index (χ1) is 21.0. The van der Waals surface area contributed by atoms with Crippen LogP contribution in [-0.4, -0.2) is 64.5 Å². The zero-order chi connectivity index (χ0) is 30.2. The molecular formula is C33H38ClN5O4. The largest absolute Gasteiger partial charge is 0.495 e. The van der Waals surface area contributed by atoms with Gasteiger partial charge < -0.3 is 19.1 Å². The lowest BCUT2D eigenvalue weighted by Gasteiger charge is -2.29. The van der Waals surface area contributed by atoms with Crippen LogP contribution in [0.5, 0.6) is 17.2 Å². The number of methoxy groups -OCH3 is 3. The van der Waals surface area contributed by atoms with Crippen LogP contribution in [-0.2, 0) is 17.8 Å². The third-order valence-corrected chi connectivity index (χ3v) is 8.26. The second kappa shape index (κ2) is 14.4. The molecule has 9 nitrogen and oxygen atoms in total. The molecular weight excluding hydrogens is 566 g/mol. The molecule has 1 fully saturated rings. The molecule has 0 aliphatic heterocycles. The first kappa shape index (κ1) is 30.4. The van der Waals surface area contributed by atoms with E-state index in [0.29, 0.717) is 53.4 Å². The number of amides is 1. The highest BCUT2D eigenvalue weighted by atomic mass is 35.5. The van der Waals surface area contributed by atoms with Crippen LogP contribution in [0.3, 0.4) is 0 Å². The second-order valence-corrected chi connectivity index (χ2v) is 11.0. The van der Waals surface area contributed by atoms with Crippen LogP contribution < -0.4 is 14.2 Å². The minimum atomic E-state index is 0.177. The van der Waals surface area contributed by atoms with Crippen molar-refractivity contribution >= 4 is 17.5 Å². The Hall–Kier alpha value is -4.11.